The van der Waals surface area contributed by atoms with Crippen LogP contribution in [0.15, 0.2) is 36.5 Å². The third-order valence-corrected chi connectivity index (χ3v) is 2.24. The molecule has 1 aromatic carbocycles. The SMILES string of the molecule is [O-][n+]1nc(Nc2cc[nH]n2)nc2ccccc21. The first-order chi connectivity index (χ1) is 8.33. The number of aromatic amines is 1. The van der Waals surface area contributed by atoms with Crippen LogP contribution in [-0.4, -0.2) is 20.3 Å². The smallest absolute Gasteiger partial charge is 0.296 e. The van der Waals surface area contributed by atoms with Gasteiger partial charge in [-0.3, -0.25) is 5.10 Å². The molecule has 84 valence electrons. The quantitative estimate of drug-likeness (QED) is 0.498. The molecule has 0 saturated heterocycles. The van der Waals surface area contributed by atoms with E-state index in [0.29, 0.717) is 21.7 Å². The number of nitrogens with one attached hydrogen (secondary N) is 2. The standard InChI is InChI=1S/C10H8N6O/c17-16-8-4-2-1-3-7(8)12-10(15-16)13-9-5-6-11-14-9/h1-6H,(H2,11,12,13,14,15). The van der Waals surface area contributed by atoms with Crippen LogP contribution >= 0.6 is 0 Å². The van der Waals surface area contributed by atoms with Gasteiger partial charge in [-0.1, -0.05) is 12.1 Å². The average Bonchev–Trinajstić information content (AvgIpc) is 2.82. The van der Waals surface area contributed by atoms with E-state index in [1.165, 1.54) is 0 Å². The highest BCUT2D eigenvalue weighted by Gasteiger charge is 2.10. The van der Waals surface area contributed by atoms with Gasteiger partial charge >= 0.3 is 0 Å². The highest BCUT2D eigenvalue weighted by molar-refractivity contribution is 5.71. The summed E-state index contributed by atoms with van der Waals surface area (Å²) >= 11 is 0. The summed E-state index contributed by atoms with van der Waals surface area (Å²) in [5, 5.41) is 24.8. The Morgan fingerprint density at radius 3 is 2.94 bits per heavy atom. The molecule has 0 radical (unpaired) electrons. The Morgan fingerprint density at radius 1 is 1.24 bits per heavy atom. The highest BCUT2D eigenvalue weighted by Crippen LogP contribution is 2.10. The van der Waals surface area contributed by atoms with Crippen LogP contribution in [0.3, 0.4) is 0 Å². The van der Waals surface area contributed by atoms with Crippen LogP contribution in [0.2, 0.25) is 0 Å². The van der Waals surface area contributed by atoms with E-state index in [4.69, 9.17) is 0 Å². The van der Waals surface area contributed by atoms with Crippen LogP contribution in [-0.2, 0) is 0 Å². The minimum atomic E-state index is 0.214. The molecule has 0 aliphatic carbocycles. The molecule has 0 atom stereocenters. The normalized spacial score (nSPS) is 10.6. The molecule has 7 heteroatoms. The fourth-order valence-corrected chi connectivity index (χ4v) is 1.49. The lowest BCUT2D eigenvalue weighted by Gasteiger charge is -2.02. The Kier molecular flexibility index (Phi) is 2.08. The molecule has 2 aromatic heterocycles. The van der Waals surface area contributed by atoms with Crippen molar-refractivity contribution in [3.05, 3.63) is 41.7 Å². The maximum atomic E-state index is 11.6. The Morgan fingerprint density at radius 2 is 2.12 bits per heavy atom. The lowest BCUT2D eigenvalue weighted by molar-refractivity contribution is -0.641. The number of benzene rings is 1. The second-order valence-corrected chi connectivity index (χ2v) is 3.38. The van der Waals surface area contributed by atoms with Gasteiger partial charge < -0.3 is 10.5 Å². The largest absolute Gasteiger partial charge is 0.594 e. The van der Waals surface area contributed by atoms with Crippen molar-refractivity contribution in [2.75, 3.05) is 5.32 Å². The van der Waals surface area contributed by atoms with E-state index in [1.807, 2.05) is 6.07 Å². The van der Waals surface area contributed by atoms with Gasteiger partial charge in [0.25, 0.3) is 11.5 Å². The first kappa shape index (κ1) is 9.52. The zero-order valence-corrected chi connectivity index (χ0v) is 8.66. The van der Waals surface area contributed by atoms with E-state index in [-0.39, 0.29) is 5.95 Å². The first-order valence-corrected chi connectivity index (χ1v) is 4.96. The summed E-state index contributed by atoms with van der Waals surface area (Å²) in [7, 11) is 0. The Balaban J connectivity index is 2.06. The number of aromatic nitrogens is 5. The van der Waals surface area contributed by atoms with Gasteiger partial charge in [0.15, 0.2) is 5.82 Å². The molecule has 0 spiro atoms. The van der Waals surface area contributed by atoms with Gasteiger partial charge in [-0.15, -0.1) is 0 Å². The molecule has 0 bridgehead atoms. The fourth-order valence-electron chi connectivity index (χ4n) is 1.49. The molecule has 17 heavy (non-hydrogen) atoms. The third-order valence-electron chi connectivity index (χ3n) is 2.24. The molecule has 0 aliphatic rings. The van der Waals surface area contributed by atoms with Crippen LogP contribution in [0.5, 0.6) is 0 Å². The minimum absolute atomic E-state index is 0.214. The van der Waals surface area contributed by atoms with E-state index in [2.05, 4.69) is 25.6 Å². The maximum absolute atomic E-state index is 11.6. The van der Waals surface area contributed by atoms with Crippen molar-refractivity contribution >= 4 is 22.8 Å². The van der Waals surface area contributed by atoms with Crippen LogP contribution in [0.4, 0.5) is 11.8 Å². The van der Waals surface area contributed by atoms with Crippen molar-refractivity contribution in [1.82, 2.24) is 20.3 Å². The van der Waals surface area contributed by atoms with Crippen molar-refractivity contribution in [2.45, 2.75) is 0 Å². The highest BCUT2D eigenvalue weighted by atomic mass is 16.5. The first-order valence-electron chi connectivity index (χ1n) is 4.96. The molecule has 0 fully saturated rings. The Hall–Kier alpha value is -2.70. The van der Waals surface area contributed by atoms with E-state index >= 15 is 0 Å². The second kappa shape index (κ2) is 3.71. The summed E-state index contributed by atoms with van der Waals surface area (Å²) in [6.07, 6.45) is 1.66. The zero-order valence-electron chi connectivity index (χ0n) is 8.66. The van der Waals surface area contributed by atoms with Crippen molar-refractivity contribution in [1.29, 1.82) is 0 Å². The number of hydrogen-bond donors (Lipinski definition) is 2. The van der Waals surface area contributed by atoms with Gasteiger partial charge in [0.1, 0.15) is 5.52 Å². The summed E-state index contributed by atoms with van der Waals surface area (Å²) in [5.41, 5.74) is 1.01. The van der Waals surface area contributed by atoms with Gasteiger partial charge in [0.05, 0.1) is 5.10 Å². The minimum Gasteiger partial charge on any atom is -0.594 e. The van der Waals surface area contributed by atoms with Gasteiger partial charge in [-0.2, -0.15) is 5.10 Å². The summed E-state index contributed by atoms with van der Waals surface area (Å²) in [4.78, 5) is 4.75. The van der Waals surface area contributed by atoms with Crippen molar-refractivity contribution < 1.29 is 4.85 Å². The number of hydrogen-bond acceptors (Lipinski definition) is 5. The third kappa shape index (κ3) is 1.73. The lowest BCUT2D eigenvalue weighted by atomic mass is 10.3. The molecule has 2 heterocycles. The van der Waals surface area contributed by atoms with Gasteiger partial charge in [0.2, 0.25) is 0 Å². The summed E-state index contributed by atoms with van der Waals surface area (Å²) in [6.45, 7) is 0. The zero-order chi connectivity index (χ0) is 11.7. The average molecular weight is 228 g/mol. The number of H-pyrrole nitrogens is 1. The van der Waals surface area contributed by atoms with E-state index < -0.39 is 0 Å². The molecule has 0 aliphatic heterocycles. The van der Waals surface area contributed by atoms with E-state index in [0.717, 1.165) is 0 Å². The molecule has 3 rings (SSSR count). The number of rotatable bonds is 2. The number of nitrogens with zero attached hydrogens (tertiary/aromatic N) is 4. The number of para-hydroxylation sites is 2. The Labute approximate surface area is 95.7 Å². The maximum Gasteiger partial charge on any atom is 0.296 e. The molecule has 3 aromatic rings. The van der Waals surface area contributed by atoms with E-state index in [9.17, 15) is 5.21 Å². The molecular weight excluding hydrogens is 220 g/mol. The van der Waals surface area contributed by atoms with Crippen molar-refractivity contribution in [2.24, 2.45) is 0 Å². The van der Waals surface area contributed by atoms with Gasteiger partial charge in [-0.25, -0.2) is 4.98 Å². The molecule has 0 amide bonds. The molecular formula is C10H8N6O. The molecule has 2 N–H and O–H groups in total. The molecule has 7 nitrogen and oxygen atoms in total. The van der Waals surface area contributed by atoms with Crippen LogP contribution in [0.25, 0.3) is 11.0 Å². The summed E-state index contributed by atoms with van der Waals surface area (Å²) in [6, 6.07) is 8.71. The number of fused-ring (bicyclic) bond motifs is 1. The van der Waals surface area contributed by atoms with Crippen molar-refractivity contribution in [3.63, 3.8) is 0 Å². The predicted octanol–water partition coefficient (Wildman–Crippen LogP) is 0.730. The Bertz CT molecular complexity index is 651. The van der Waals surface area contributed by atoms with Gasteiger partial charge in [0, 0.05) is 18.3 Å². The second-order valence-electron chi connectivity index (χ2n) is 3.38. The number of anilines is 2. The topological polar surface area (TPSA) is 93.4 Å². The van der Waals surface area contributed by atoms with Crippen LogP contribution in [0, 0.1) is 5.21 Å². The fraction of sp³-hybridized carbons (Fsp3) is 0. The molecule has 0 saturated carbocycles. The van der Waals surface area contributed by atoms with E-state index in [1.54, 1.807) is 30.5 Å². The van der Waals surface area contributed by atoms with Crippen molar-refractivity contribution in [3.8, 4) is 0 Å². The van der Waals surface area contributed by atoms with Gasteiger partial charge in [-0.05, 0) is 10.9 Å². The molecule has 0 unspecified atom stereocenters. The lowest BCUT2D eigenvalue weighted by Crippen LogP contribution is -2.33. The van der Waals surface area contributed by atoms with Crippen LogP contribution < -0.4 is 10.2 Å². The monoisotopic (exact) mass is 228 g/mol. The summed E-state index contributed by atoms with van der Waals surface area (Å²) < 4.78 is 0. The predicted molar refractivity (Wildman–Crippen MR) is 60.4 cm³/mol. The van der Waals surface area contributed by atoms with Crippen LogP contribution in [0.1, 0.15) is 0 Å². The summed E-state index contributed by atoms with van der Waals surface area (Å²) in [5.74, 6) is 0.770.